The first kappa shape index (κ1) is 9.07. The van der Waals surface area contributed by atoms with Gasteiger partial charge in [-0.15, -0.1) is 6.58 Å². The highest BCUT2D eigenvalue weighted by Gasteiger charge is 2.16. The van der Waals surface area contributed by atoms with E-state index in [-0.39, 0.29) is 5.92 Å². The summed E-state index contributed by atoms with van der Waals surface area (Å²) in [6, 6.07) is 3.63. The Morgan fingerprint density at radius 1 is 1.58 bits per heavy atom. The lowest BCUT2D eigenvalue weighted by Gasteiger charge is -2.11. The third-order valence-electron chi connectivity index (χ3n) is 1.92. The van der Waals surface area contributed by atoms with Crippen LogP contribution in [0.2, 0.25) is 0 Å². The lowest BCUT2D eigenvalue weighted by atomic mass is 10.0. The fourth-order valence-corrected chi connectivity index (χ4v) is 1.00. The van der Waals surface area contributed by atoms with Crippen LogP contribution in [0.4, 0.5) is 0 Å². The monoisotopic (exact) mass is 166 g/mol. The van der Waals surface area contributed by atoms with E-state index in [0.29, 0.717) is 5.76 Å². The highest BCUT2D eigenvalue weighted by atomic mass is 16.4. The van der Waals surface area contributed by atoms with E-state index in [2.05, 4.69) is 6.58 Å². The van der Waals surface area contributed by atoms with Gasteiger partial charge in [0.15, 0.2) is 0 Å². The first-order valence-electron chi connectivity index (χ1n) is 4.02. The molecule has 0 spiro atoms. The minimum Gasteiger partial charge on any atom is -0.464 e. The molecule has 0 saturated heterocycles. The number of hydrogen-bond donors (Lipinski definition) is 1. The van der Waals surface area contributed by atoms with E-state index in [1.54, 1.807) is 12.1 Å². The lowest BCUT2D eigenvalue weighted by Crippen LogP contribution is -2.04. The van der Waals surface area contributed by atoms with Crippen molar-refractivity contribution in [3.8, 4) is 0 Å². The molecule has 0 saturated carbocycles. The average molecular weight is 166 g/mol. The Labute approximate surface area is 72.5 Å². The van der Waals surface area contributed by atoms with Crippen molar-refractivity contribution in [2.75, 3.05) is 0 Å². The van der Waals surface area contributed by atoms with Crippen molar-refractivity contribution in [2.45, 2.75) is 20.0 Å². The molecule has 0 aliphatic rings. The zero-order valence-electron chi connectivity index (χ0n) is 7.45. The van der Waals surface area contributed by atoms with Gasteiger partial charge in [-0.2, -0.15) is 0 Å². The van der Waals surface area contributed by atoms with Crippen LogP contribution in [0, 0.1) is 12.8 Å². The van der Waals surface area contributed by atoms with Crippen LogP contribution >= 0.6 is 0 Å². The number of rotatable bonds is 3. The molecule has 1 aromatic heterocycles. The molecule has 1 aromatic rings. The Morgan fingerprint density at radius 2 is 2.25 bits per heavy atom. The van der Waals surface area contributed by atoms with Gasteiger partial charge >= 0.3 is 0 Å². The van der Waals surface area contributed by atoms with Crippen molar-refractivity contribution in [1.29, 1.82) is 0 Å². The summed E-state index contributed by atoms with van der Waals surface area (Å²) in [7, 11) is 0. The topological polar surface area (TPSA) is 33.4 Å². The Balaban J connectivity index is 2.77. The number of aliphatic hydroxyl groups excluding tert-OH is 1. The quantitative estimate of drug-likeness (QED) is 0.699. The largest absolute Gasteiger partial charge is 0.464 e. The van der Waals surface area contributed by atoms with Crippen molar-refractivity contribution >= 4 is 0 Å². The highest BCUT2D eigenvalue weighted by molar-refractivity contribution is 5.09. The van der Waals surface area contributed by atoms with E-state index in [1.807, 2.05) is 19.9 Å². The number of aryl methyl sites for hydroxylation is 1. The van der Waals surface area contributed by atoms with Crippen molar-refractivity contribution < 1.29 is 9.52 Å². The molecule has 1 heterocycles. The molecule has 0 bridgehead atoms. The van der Waals surface area contributed by atoms with Gasteiger partial charge in [0.1, 0.15) is 17.6 Å². The second kappa shape index (κ2) is 3.59. The predicted octanol–water partition coefficient (Wildman–Crippen LogP) is 2.44. The molecular formula is C10H14O2. The van der Waals surface area contributed by atoms with Crippen LogP contribution in [-0.4, -0.2) is 5.11 Å². The average Bonchev–Trinajstić information content (AvgIpc) is 2.49. The first-order chi connectivity index (χ1) is 5.65. The fourth-order valence-electron chi connectivity index (χ4n) is 1.00. The summed E-state index contributed by atoms with van der Waals surface area (Å²) >= 11 is 0. The number of furan rings is 1. The van der Waals surface area contributed by atoms with Crippen molar-refractivity contribution in [2.24, 2.45) is 5.92 Å². The molecule has 0 aromatic carbocycles. The van der Waals surface area contributed by atoms with Crippen LogP contribution in [0.1, 0.15) is 24.5 Å². The molecule has 0 aliphatic heterocycles. The maximum Gasteiger partial charge on any atom is 0.133 e. The van der Waals surface area contributed by atoms with Crippen molar-refractivity contribution in [3.05, 3.63) is 36.3 Å². The summed E-state index contributed by atoms with van der Waals surface area (Å²) in [4.78, 5) is 0. The van der Waals surface area contributed by atoms with Crippen LogP contribution in [-0.2, 0) is 0 Å². The smallest absolute Gasteiger partial charge is 0.133 e. The van der Waals surface area contributed by atoms with Crippen molar-refractivity contribution in [1.82, 2.24) is 0 Å². The third-order valence-corrected chi connectivity index (χ3v) is 1.92. The summed E-state index contributed by atoms with van der Waals surface area (Å²) in [5, 5.41) is 9.64. The van der Waals surface area contributed by atoms with E-state index in [9.17, 15) is 5.11 Å². The second-order valence-electron chi connectivity index (χ2n) is 2.99. The molecule has 1 rings (SSSR count). The summed E-state index contributed by atoms with van der Waals surface area (Å²) in [6.45, 7) is 7.37. The second-order valence-corrected chi connectivity index (χ2v) is 2.99. The number of hydrogen-bond acceptors (Lipinski definition) is 2. The number of aliphatic hydroxyl groups is 1. The van der Waals surface area contributed by atoms with Gasteiger partial charge in [-0.25, -0.2) is 0 Å². The van der Waals surface area contributed by atoms with Gasteiger partial charge in [-0.05, 0) is 19.1 Å². The van der Waals surface area contributed by atoms with Crippen molar-refractivity contribution in [3.63, 3.8) is 0 Å². The third kappa shape index (κ3) is 1.77. The van der Waals surface area contributed by atoms with E-state index >= 15 is 0 Å². The van der Waals surface area contributed by atoms with Gasteiger partial charge in [-0.3, -0.25) is 0 Å². The Hall–Kier alpha value is -1.02. The summed E-state index contributed by atoms with van der Waals surface area (Å²) < 4.78 is 5.27. The van der Waals surface area contributed by atoms with E-state index in [1.165, 1.54) is 0 Å². The zero-order valence-corrected chi connectivity index (χ0v) is 7.45. The minimum absolute atomic E-state index is 0.0237. The molecule has 2 atom stereocenters. The van der Waals surface area contributed by atoms with Gasteiger partial charge in [0.25, 0.3) is 0 Å². The molecule has 0 fully saturated rings. The predicted molar refractivity (Wildman–Crippen MR) is 47.8 cm³/mol. The van der Waals surface area contributed by atoms with E-state index in [0.717, 1.165) is 5.76 Å². The maximum absolute atomic E-state index is 9.64. The van der Waals surface area contributed by atoms with Gasteiger partial charge in [0, 0.05) is 5.92 Å². The molecule has 0 unspecified atom stereocenters. The lowest BCUT2D eigenvalue weighted by molar-refractivity contribution is 0.113. The van der Waals surface area contributed by atoms with E-state index in [4.69, 9.17) is 4.42 Å². The van der Waals surface area contributed by atoms with Gasteiger partial charge < -0.3 is 9.52 Å². The van der Waals surface area contributed by atoms with Crippen LogP contribution in [0.25, 0.3) is 0 Å². The van der Waals surface area contributed by atoms with Crippen LogP contribution in [0.15, 0.2) is 29.2 Å². The first-order valence-corrected chi connectivity index (χ1v) is 4.02. The van der Waals surface area contributed by atoms with Crippen LogP contribution in [0.5, 0.6) is 0 Å². The molecule has 0 radical (unpaired) electrons. The molecular weight excluding hydrogens is 152 g/mol. The van der Waals surface area contributed by atoms with Crippen LogP contribution in [0.3, 0.4) is 0 Å². The summed E-state index contributed by atoms with van der Waals surface area (Å²) in [5.41, 5.74) is 0. The van der Waals surface area contributed by atoms with Crippen LogP contribution < -0.4 is 0 Å². The molecule has 0 amide bonds. The van der Waals surface area contributed by atoms with Gasteiger partial charge in [0.05, 0.1) is 0 Å². The maximum atomic E-state index is 9.64. The molecule has 66 valence electrons. The molecule has 0 aliphatic carbocycles. The van der Waals surface area contributed by atoms with E-state index < -0.39 is 6.10 Å². The Bertz CT molecular complexity index is 263. The molecule has 1 N–H and O–H groups in total. The highest BCUT2D eigenvalue weighted by Crippen LogP contribution is 2.23. The SMILES string of the molecule is C=C[C@@H](C)[C@@H](O)c1ccc(C)o1. The molecule has 12 heavy (non-hydrogen) atoms. The summed E-state index contributed by atoms with van der Waals surface area (Å²) in [5.74, 6) is 1.45. The minimum atomic E-state index is -0.573. The molecule has 2 nitrogen and oxygen atoms in total. The Kier molecular flexibility index (Phi) is 2.71. The summed E-state index contributed by atoms with van der Waals surface area (Å²) in [6.07, 6.45) is 1.14. The normalized spacial score (nSPS) is 15.6. The standard InChI is InChI=1S/C10H14O2/c1-4-7(2)10(11)9-6-5-8(3)12-9/h4-7,10-11H,1H2,2-3H3/t7-,10-/m1/s1. The fraction of sp³-hybridized carbons (Fsp3) is 0.400. The Morgan fingerprint density at radius 3 is 2.67 bits per heavy atom. The zero-order chi connectivity index (χ0) is 9.14. The van der Waals surface area contributed by atoms with Gasteiger partial charge in [-0.1, -0.05) is 13.0 Å². The molecule has 2 heteroatoms. The van der Waals surface area contributed by atoms with Gasteiger partial charge in [0.2, 0.25) is 0 Å².